The third-order valence-electron chi connectivity index (χ3n) is 4.29. The fourth-order valence-electron chi connectivity index (χ4n) is 3.72. The van der Waals surface area contributed by atoms with Crippen LogP contribution in [-0.4, -0.2) is 13.8 Å². The first kappa shape index (κ1) is 23.3. The number of hydrogen-bond acceptors (Lipinski definition) is 1. The maximum absolute atomic E-state index is 3.93. The Bertz CT molecular complexity index is 603. The minimum absolute atomic E-state index is 0. The SMILES string of the molecule is C=CC=C.CC1=C(C)C([Si](C)(C)NC(C)(C)C)c2ccccc21.[Ti+4]. The first-order chi connectivity index (χ1) is 10.5. The predicted molar refractivity (Wildman–Crippen MR) is 108 cm³/mol. The summed E-state index contributed by atoms with van der Waals surface area (Å²) in [6.45, 7) is 23.1. The van der Waals surface area contributed by atoms with Crippen LogP contribution in [0.5, 0.6) is 0 Å². The van der Waals surface area contributed by atoms with Crippen LogP contribution in [0.3, 0.4) is 0 Å². The van der Waals surface area contributed by atoms with Crippen LogP contribution < -0.4 is 4.98 Å². The van der Waals surface area contributed by atoms with Gasteiger partial charge in [0, 0.05) is 11.1 Å². The van der Waals surface area contributed by atoms with Gasteiger partial charge in [0.1, 0.15) is 8.24 Å². The van der Waals surface area contributed by atoms with Crippen molar-refractivity contribution in [3.05, 3.63) is 66.3 Å². The second-order valence-electron chi connectivity index (χ2n) is 7.90. The molecule has 0 fully saturated rings. The molecule has 2 rings (SSSR count). The summed E-state index contributed by atoms with van der Waals surface area (Å²) in [6.07, 6.45) is 3.28. The van der Waals surface area contributed by atoms with Crippen molar-refractivity contribution >= 4 is 13.8 Å². The Balaban J connectivity index is 0.000000954. The number of nitrogens with one attached hydrogen (secondary N) is 1. The molecule has 0 saturated carbocycles. The molecule has 1 aliphatic rings. The molecular formula is C21H33NSiTi+4. The maximum atomic E-state index is 3.93. The van der Waals surface area contributed by atoms with Crippen LogP contribution in [0, 0.1) is 0 Å². The van der Waals surface area contributed by atoms with E-state index in [1.807, 2.05) is 0 Å². The molecule has 3 heteroatoms. The first-order valence-electron chi connectivity index (χ1n) is 8.34. The summed E-state index contributed by atoms with van der Waals surface area (Å²) in [6, 6.07) is 8.93. The third-order valence-corrected chi connectivity index (χ3v) is 7.87. The normalized spacial score (nSPS) is 16.5. The Labute approximate surface area is 165 Å². The minimum atomic E-state index is -1.57. The van der Waals surface area contributed by atoms with E-state index in [2.05, 4.69) is 90.1 Å². The summed E-state index contributed by atoms with van der Waals surface area (Å²) in [5.41, 5.74) is 6.82. The molecule has 1 aliphatic carbocycles. The summed E-state index contributed by atoms with van der Waals surface area (Å²) in [5, 5.41) is 0. The van der Waals surface area contributed by atoms with E-state index in [9.17, 15) is 0 Å². The fourth-order valence-corrected chi connectivity index (χ4v) is 8.13. The molecule has 1 aromatic carbocycles. The van der Waals surface area contributed by atoms with Crippen LogP contribution in [0.25, 0.3) is 5.57 Å². The quantitative estimate of drug-likeness (QED) is 0.500. The van der Waals surface area contributed by atoms with E-state index >= 15 is 0 Å². The molecule has 1 atom stereocenters. The van der Waals surface area contributed by atoms with Gasteiger partial charge in [0.25, 0.3) is 0 Å². The average Bonchev–Trinajstić information content (AvgIpc) is 2.69. The second-order valence-corrected chi connectivity index (χ2v) is 12.2. The number of benzene rings is 1. The third kappa shape index (κ3) is 5.70. The Morgan fingerprint density at radius 2 is 1.54 bits per heavy atom. The molecule has 0 aliphatic heterocycles. The van der Waals surface area contributed by atoms with Gasteiger partial charge in [-0.3, -0.25) is 0 Å². The molecule has 1 aromatic rings. The molecule has 0 bridgehead atoms. The Morgan fingerprint density at radius 3 is 2.00 bits per heavy atom. The summed E-state index contributed by atoms with van der Waals surface area (Å²) in [5.74, 6) is 0. The molecule has 0 aromatic heterocycles. The van der Waals surface area contributed by atoms with Crippen molar-refractivity contribution in [2.24, 2.45) is 0 Å². The van der Waals surface area contributed by atoms with Gasteiger partial charge in [-0.05, 0) is 51.3 Å². The van der Waals surface area contributed by atoms with E-state index in [-0.39, 0.29) is 27.3 Å². The molecule has 0 radical (unpaired) electrons. The van der Waals surface area contributed by atoms with Crippen LogP contribution in [0.4, 0.5) is 0 Å². The standard InChI is InChI=1S/C17H27NSi.C4H6.Ti/c1-12-13(2)16(15-11-9-8-10-14(12)15)19(6,7)18-17(3,4)5;1-3-4-2;/h8-11,16,18H,1-7H3;3-4H,1-2H2;/q;;+4. The van der Waals surface area contributed by atoms with Gasteiger partial charge in [0.15, 0.2) is 0 Å². The fraction of sp³-hybridized carbons (Fsp3) is 0.429. The largest absolute Gasteiger partial charge is 4.00 e. The van der Waals surface area contributed by atoms with E-state index in [0.717, 1.165) is 0 Å². The van der Waals surface area contributed by atoms with E-state index in [0.29, 0.717) is 5.54 Å². The number of hydrogen-bond donors (Lipinski definition) is 1. The number of allylic oxidation sites excluding steroid dienone is 4. The van der Waals surface area contributed by atoms with E-state index in [1.54, 1.807) is 17.7 Å². The average molecular weight is 375 g/mol. The van der Waals surface area contributed by atoms with Crippen molar-refractivity contribution in [3.8, 4) is 0 Å². The van der Waals surface area contributed by atoms with E-state index < -0.39 is 8.24 Å². The van der Waals surface area contributed by atoms with Gasteiger partial charge in [-0.15, -0.1) is 0 Å². The van der Waals surface area contributed by atoms with Gasteiger partial charge in [0.05, 0.1) is 0 Å². The van der Waals surface area contributed by atoms with E-state index in [4.69, 9.17) is 0 Å². The minimum Gasteiger partial charge on any atom is -0.332 e. The summed E-state index contributed by atoms with van der Waals surface area (Å²) in [4.78, 5) is 3.93. The predicted octanol–water partition coefficient (Wildman–Crippen LogP) is 6.07. The molecule has 0 spiro atoms. The van der Waals surface area contributed by atoms with Gasteiger partial charge in [-0.1, -0.05) is 68.2 Å². The van der Waals surface area contributed by atoms with Crippen LogP contribution >= 0.6 is 0 Å². The van der Waals surface area contributed by atoms with Crippen LogP contribution in [0.2, 0.25) is 13.1 Å². The number of fused-ring (bicyclic) bond motifs is 1. The van der Waals surface area contributed by atoms with Crippen molar-refractivity contribution in [1.29, 1.82) is 0 Å². The number of rotatable bonds is 3. The Hall–Kier alpha value is -0.669. The monoisotopic (exact) mass is 375 g/mol. The van der Waals surface area contributed by atoms with Gasteiger partial charge in [-0.2, -0.15) is 0 Å². The molecule has 1 unspecified atom stereocenters. The Kier molecular flexibility index (Phi) is 8.89. The smallest absolute Gasteiger partial charge is 0.332 e. The summed E-state index contributed by atoms with van der Waals surface area (Å²) < 4.78 is 0. The molecule has 126 valence electrons. The van der Waals surface area contributed by atoms with Crippen molar-refractivity contribution in [1.82, 2.24) is 4.98 Å². The van der Waals surface area contributed by atoms with Crippen LogP contribution in [-0.2, 0) is 21.7 Å². The molecule has 24 heavy (non-hydrogen) atoms. The second kappa shape index (κ2) is 9.15. The van der Waals surface area contributed by atoms with Gasteiger partial charge in [0.2, 0.25) is 0 Å². The van der Waals surface area contributed by atoms with Gasteiger partial charge in [-0.25, -0.2) is 0 Å². The van der Waals surface area contributed by atoms with Crippen molar-refractivity contribution in [2.45, 2.75) is 58.8 Å². The zero-order chi connectivity index (χ0) is 17.8. The van der Waals surface area contributed by atoms with Crippen molar-refractivity contribution < 1.29 is 21.7 Å². The zero-order valence-electron chi connectivity index (χ0n) is 16.5. The van der Waals surface area contributed by atoms with Gasteiger partial charge >= 0.3 is 21.7 Å². The van der Waals surface area contributed by atoms with Crippen LogP contribution in [0.15, 0.2) is 55.1 Å². The molecule has 0 amide bonds. The van der Waals surface area contributed by atoms with Crippen molar-refractivity contribution in [2.75, 3.05) is 0 Å². The summed E-state index contributed by atoms with van der Waals surface area (Å²) >= 11 is 0. The summed E-state index contributed by atoms with van der Waals surface area (Å²) in [7, 11) is -1.57. The first-order valence-corrected chi connectivity index (χ1v) is 11.4. The molecule has 1 nitrogen and oxygen atoms in total. The van der Waals surface area contributed by atoms with Gasteiger partial charge < -0.3 is 4.98 Å². The van der Waals surface area contributed by atoms with Crippen molar-refractivity contribution in [3.63, 3.8) is 0 Å². The van der Waals surface area contributed by atoms with E-state index in [1.165, 1.54) is 16.7 Å². The zero-order valence-corrected chi connectivity index (χ0v) is 19.0. The van der Waals surface area contributed by atoms with Crippen LogP contribution in [0.1, 0.15) is 51.3 Å². The molecular weight excluding hydrogens is 342 g/mol. The Morgan fingerprint density at radius 1 is 1.04 bits per heavy atom. The maximum Gasteiger partial charge on any atom is 4.00 e. The topological polar surface area (TPSA) is 12.0 Å². The molecule has 0 heterocycles. The molecule has 1 N–H and O–H groups in total. The molecule has 0 saturated heterocycles.